The van der Waals surface area contributed by atoms with Gasteiger partial charge < -0.3 is 20.3 Å². The molecule has 0 saturated carbocycles. The number of hydrogen-bond donors (Lipinski definition) is 3. The Balaban J connectivity index is 3.43. The molecule has 6 heteroatoms. The van der Waals surface area contributed by atoms with Crippen LogP contribution >= 0.6 is 0 Å². The van der Waals surface area contributed by atoms with E-state index in [1.165, 1.54) is 295 Å². The van der Waals surface area contributed by atoms with E-state index >= 15 is 0 Å². The smallest absolute Gasteiger partial charge is 0.305 e. The summed E-state index contributed by atoms with van der Waals surface area (Å²) >= 11 is 0. The van der Waals surface area contributed by atoms with E-state index in [1.54, 1.807) is 0 Å². The zero-order chi connectivity index (χ0) is 57.8. The first kappa shape index (κ1) is 77.8. The van der Waals surface area contributed by atoms with Crippen molar-refractivity contribution in [1.82, 2.24) is 5.32 Å². The fourth-order valence-electron chi connectivity index (χ4n) is 11.1. The summed E-state index contributed by atoms with van der Waals surface area (Å²) in [6.07, 6.45) is 90.1. The summed E-state index contributed by atoms with van der Waals surface area (Å²) in [5.41, 5.74) is 0. The molecule has 0 aromatic rings. The summed E-state index contributed by atoms with van der Waals surface area (Å²) in [5, 5.41) is 23.4. The third-order valence-electron chi connectivity index (χ3n) is 16.6. The van der Waals surface area contributed by atoms with Crippen molar-refractivity contribution in [3.63, 3.8) is 0 Å². The highest BCUT2D eigenvalue weighted by atomic mass is 16.5. The van der Waals surface area contributed by atoms with Gasteiger partial charge in [0.25, 0.3) is 0 Å². The lowest BCUT2D eigenvalue weighted by Gasteiger charge is -2.22. The van der Waals surface area contributed by atoms with Crippen LogP contribution in [0.4, 0.5) is 0 Å². The Bertz CT molecular complexity index is 1340. The summed E-state index contributed by atoms with van der Waals surface area (Å²) in [6, 6.07) is -0.546. The molecule has 0 radical (unpaired) electrons. The molecular formula is C74H139NO5. The predicted octanol–water partition coefficient (Wildman–Crippen LogP) is 23.3. The van der Waals surface area contributed by atoms with Crippen LogP contribution in [0.5, 0.6) is 0 Å². The molecule has 1 amide bonds. The molecule has 0 aromatic carbocycles. The van der Waals surface area contributed by atoms with Gasteiger partial charge in [-0.05, 0) is 89.9 Å². The highest BCUT2D eigenvalue weighted by Gasteiger charge is 2.20. The lowest BCUT2D eigenvalue weighted by Crippen LogP contribution is -2.45. The molecule has 0 saturated heterocycles. The second-order valence-corrected chi connectivity index (χ2v) is 24.6. The predicted molar refractivity (Wildman–Crippen MR) is 352 cm³/mol. The molecule has 0 aromatic heterocycles. The largest absolute Gasteiger partial charge is 0.466 e. The van der Waals surface area contributed by atoms with E-state index in [1.807, 2.05) is 0 Å². The molecule has 0 spiro atoms. The van der Waals surface area contributed by atoms with Crippen molar-refractivity contribution < 1.29 is 24.5 Å². The van der Waals surface area contributed by atoms with Gasteiger partial charge in [0, 0.05) is 12.8 Å². The number of unbranched alkanes of at least 4 members (excludes halogenated alkanes) is 48. The van der Waals surface area contributed by atoms with Gasteiger partial charge in [-0.1, -0.05) is 332 Å². The highest BCUT2D eigenvalue weighted by Crippen LogP contribution is 2.18. The average molecular weight is 1120 g/mol. The fraction of sp³-hybridized carbons (Fsp3) is 0.865. The molecule has 80 heavy (non-hydrogen) atoms. The topological polar surface area (TPSA) is 95.9 Å². The molecule has 0 heterocycles. The molecule has 0 aliphatic carbocycles. The zero-order valence-corrected chi connectivity index (χ0v) is 53.8. The molecular weight excluding hydrogens is 983 g/mol. The Labute approximate surface area is 499 Å². The van der Waals surface area contributed by atoms with Crippen LogP contribution in [0, 0.1) is 0 Å². The van der Waals surface area contributed by atoms with Crippen LogP contribution in [-0.2, 0) is 14.3 Å². The van der Waals surface area contributed by atoms with Crippen LogP contribution < -0.4 is 5.32 Å². The first-order valence-corrected chi connectivity index (χ1v) is 35.9. The average Bonchev–Trinajstić information content (AvgIpc) is 3.46. The van der Waals surface area contributed by atoms with Gasteiger partial charge in [0.15, 0.2) is 0 Å². The zero-order valence-electron chi connectivity index (χ0n) is 53.8. The normalized spacial score (nSPS) is 12.8. The highest BCUT2D eigenvalue weighted by molar-refractivity contribution is 5.76. The van der Waals surface area contributed by atoms with Crippen molar-refractivity contribution in [3.8, 4) is 0 Å². The summed E-state index contributed by atoms with van der Waals surface area (Å²) in [7, 11) is 0. The number of esters is 1. The summed E-state index contributed by atoms with van der Waals surface area (Å²) < 4.78 is 5.48. The summed E-state index contributed by atoms with van der Waals surface area (Å²) in [6.45, 7) is 4.95. The molecule has 0 aliphatic rings. The van der Waals surface area contributed by atoms with Gasteiger partial charge in [-0.2, -0.15) is 0 Å². The Morgan fingerprint density at radius 1 is 0.350 bits per heavy atom. The van der Waals surface area contributed by atoms with Crippen LogP contribution in [0.15, 0.2) is 48.6 Å². The van der Waals surface area contributed by atoms with Crippen molar-refractivity contribution in [1.29, 1.82) is 0 Å². The first-order valence-electron chi connectivity index (χ1n) is 35.9. The van der Waals surface area contributed by atoms with Crippen LogP contribution in [0.2, 0.25) is 0 Å². The standard InChI is InChI=1S/C74H139NO5/c1-3-5-7-9-11-13-15-17-19-20-21-29-32-35-39-42-46-50-54-58-62-66-72(77)71(70-76)75-73(78)67-63-59-55-51-47-43-40-36-33-30-27-25-23-22-24-26-28-31-34-37-41-45-49-53-57-61-65-69-80-74(79)68-64-60-56-52-48-44-38-18-16-14-12-10-8-6-4-2/h12,14,18,22-23,26,28,38,71-72,76-77H,3-11,13,15-17,19-21,24-25,27,29-37,39-70H2,1-2H3,(H,75,78)/b14-12-,23-22-,28-26-,38-18-. The van der Waals surface area contributed by atoms with Gasteiger partial charge in [0.05, 0.1) is 25.4 Å². The van der Waals surface area contributed by atoms with Crippen molar-refractivity contribution in [2.45, 2.75) is 398 Å². The SMILES string of the molecule is CCCCC/C=C\C/C=C\CCCCCCCC(=O)OCCCCCCCCCCC/C=C\C/C=C\CCCCCCCCCCCCCC(=O)NC(CO)C(O)CCCCCCCCCCCCCCCCCCCCCCC. The number of hydrogen-bond acceptors (Lipinski definition) is 5. The number of aliphatic hydroxyl groups excluding tert-OH is 2. The molecule has 6 nitrogen and oxygen atoms in total. The van der Waals surface area contributed by atoms with Crippen molar-refractivity contribution in [3.05, 3.63) is 48.6 Å². The van der Waals surface area contributed by atoms with Crippen LogP contribution in [0.3, 0.4) is 0 Å². The fourth-order valence-corrected chi connectivity index (χ4v) is 11.1. The Hall–Kier alpha value is -2.18. The Morgan fingerprint density at radius 3 is 0.975 bits per heavy atom. The van der Waals surface area contributed by atoms with Gasteiger partial charge in [0.2, 0.25) is 5.91 Å². The van der Waals surface area contributed by atoms with Crippen LogP contribution in [0.25, 0.3) is 0 Å². The van der Waals surface area contributed by atoms with Gasteiger partial charge in [-0.25, -0.2) is 0 Å². The second kappa shape index (κ2) is 69.3. The second-order valence-electron chi connectivity index (χ2n) is 24.6. The van der Waals surface area contributed by atoms with Crippen molar-refractivity contribution in [2.24, 2.45) is 0 Å². The Morgan fingerprint density at radius 2 is 0.625 bits per heavy atom. The Kier molecular flexibility index (Phi) is 67.4. The van der Waals surface area contributed by atoms with Crippen molar-refractivity contribution >= 4 is 11.9 Å². The maximum Gasteiger partial charge on any atom is 0.305 e. The van der Waals surface area contributed by atoms with Gasteiger partial charge in [-0.3, -0.25) is 9.59 Å². The lowest BCUT2D eigenvalue weighted by molar-refractivity contribution is -0.143. The molecule has 2 atom stereocenters. The van der Waals surface area contributed by atoms with E-state index < -0.39 is 12.1 Å². The molecule has 0 bridgehead atoms. The van der Waals surface area contributed by atoms with Crippen LogP contribution in [-0.4, -0.2) is 47.4 Å². The lowest BCUT2D eigenvalue weighted by atomic mass is 10.0. The summed E-state index contributed by atoms with van der Waals surface area (Å²) in [5.74, 6) is -0.0378. The number of ether oxygens (including phenoxy) is 1. The van der Waals surface area contributed by atoms with Gasteiger partial charge >= 0.3 is 5.97 Å². The van der Waals surface area contributed by atoms with Crippen LogP contribution in [0.1, 0.15) is 386 Å². The minimum atomic E-state index is -0.668. The molecule has 0 rings (SSSR count). The van der Waals surface area contributed by atoms with Gasteiger partial charge in [0.1, 0.15) is 0 Å². The molecule has 0 fully saturated rings. The minimum Gasteiger partial charge on any atom is -0.466 e. The first-order chi connectivity index (χ1) is 39.5. The molecule has 470 valence electrons. The third-order valence-corrected chi connectivity index (χ3v) is 16.6. The van der Waals surface area contributed by atoms with Gasteiger partial charge in [-0.15, -0.1) is 0 Å². The molecule has 0 aliphatic heterocycles. The number of allylic oxidation sites excluding steroid dienone is 8. The quantitative estimate of drug-likeness (QED) is 0.0320. The monoisotopic (exact) mass is 1120 g/mol. The summed E-state index contributed by atoms with van der Waals surface area (Å²) in [4.78, 5) is 24.6. The number of nitrogens with one attached hydrogen (secondary N) is 1. The third kappa shape index (κ3) is 65.0. The molecule has 3 N–H and O–H groups in total. The minimum absolute atomic E-state index is 0.00314. The number of aliphatic hydroxyl groups is 2. The maximum atomic E-state index is 12.5. The van der Waals surface area contributed by atoms with E-state index in [-0.39, 0.29) is 18.5 Å². The number of amides is 1. The maximum absolute atomic E-state index is 12.5. The van der Waals surface area contributed by atoms with E-state index in [4.69, 9.17) is 4.74 Å². The number of carbonyl (C=O) groups excluding carboxylic acids is 2. The van der Waals surface area contributed by atoms with E-state index in [9.17, 15) is 19.8 Å². The van der Waals surface area contributed by atoms with E-state index in [0.29, 0.717) is 25.9 Å². The number of rotatable bonds is 67. The van der Waals surface area contributed by atoms with E-state index in [2.05, 4.69) is 67.8 Å². The van der Waals surface area contributed by atoms with Crippen molar-refractivity contribution in [2.75, 3.05) is 13.2 Å². The number of carbonyl (C=O) groups is 2. The molecule has 2 unspecified atom stereocenters. The van der Waals surface area contributed by atoms with E-state index in [0.717, 1.165) is 57.8 Å².